The molecule has 0 aliphatic carbocycles. The van der Waals surface area contributed by atoms with E-state index in [-0.39, 0.29) is 11.5 Å². The minimum Gasteiger partial charge on any atom is -0.358 e. The van der Waals surface area contributed by atoms with Crippen LogP contribution in [0.5, 0.6) is 0 Å². The Morgan fingerprint density at radius 3 is 2.24 bits per heavy atom. The van der Waals surface area contributed by atoms with Crippen molar-refractivity contribution in [1.29, 1.82) is 0 Å². The molecule has 2 unspecified atom stereocenters. The zero-order valence-electron chi connectivity index (χ0n) is 10.1. The van der Waals surface area contributed by atoms with Gasteiger partial charge >= 0.3 is 0 Å². The van der Waals surface area contributed by atoms with Gasteiger partial charge in [-0.25, -0.2) is 8.78 Å². The van der Waals surface area contributed by atoms with Crippen molar-refractivity contribution < 1.29 is 13.6 Å². The molecule has 0 spiro atoms. The Bertz CT molecular complexity index is 389. The molecule has 0 aromatic heterocycles. The second kappa shape index (κ2) is 5.72. The maximum absolute atomic E-state index is 13.5. The Morgan fingerprint density at radius 1 is 1.24 bits per heavy atom. The van der Waals surface area contributed by atoms with Gasteiger partial charge in [0, 0.05) is 18.7 Å². The summed E-state index contributed by atoms with van der Waals surface area (Å²) >= 11 is 0. The molecule has 1 aromatic rings. The van der Waals surface area contributed by atoms with Crippen molar-refractivity contribution in [1.82, 2.24) is 10.6 Å². The molecule has 94 valence electrons. The molecule has 0 saturated heterocycles. The Balaban J connectivity index is 2.83. The highest BCUT2D eigenvalue weighted by molar-refractivity contribution is 5.80. The topological polar surface area (TPSA) is 41.1 Å². The standard InChI is InChI=1S/C12H16F2N2O/c1-7(16-8(2)12(17)15-3)11-9(13)5-4-6-10(11)14/h4-8,16H,1-3H3,(H,15,17). The minimum atomic E-state index is -0.617. The number of hydrogen-bond donors (Lipinski definition) is 2. The van der Waals surface area contributed by atoms with E-state index in [4.69, 9.17) is 0 Å². The number of benzene rings is 1. The average molecular weight is 242 g/mol. The summed E-state index contributed by atoms with van der Waals surface area (Å²) in [6, 6.07) is 2.60. The molecule has 3 nitrogen and oxygen atoms in total. The van der Waals surface area contributed by atoms with Crippen molar-refractivity contribution in [2.75, 3.05) is 7.05 Å². The molecule has 5 heteroatoms. The van der Waals surface area contributed by atoms with Gasteiger partial charge in [0.15, 0.2) is 0 Å². The van der Waals surface area contributed by atoms with Gasteiger partial charge in [0.2, 0.25) is 5.91 Å². The zero-order chi connectivity index (χ0) is 13.0. The summed E-state index contributed by atoms with van der Waals surface area (Å²) in [5.74, 6) is -1.46. The Hall–Kier alpha value is -1.49. The molecule has 1 rings (SSSR count). The molecule has 0 radical (unpaired) electrons. The van der Waals surface area contributed by atoms with Crippen LogP contribution in [-0.2, 0) is 4.79 Å². The van der Waals surface area contributed by atoms with Crippen LogP contribution in [0.1, 0.15) is 25.5 Å². The van der Waals surface area contributed by atoms with E-state index < -0.39 is 23.7 Å². The number of halogens is 2. The van der Waals surface area contributed by atoms with E-state index in [2.05, 4.69) is 10.6 Å². The third-order valence-electron chi connectivity index (χ3n) is 2.57. The number of carbonyl (C=O) groups excluding carboxylic acids is 1. The molecule has 0 bridgehead atoms. The van der Waals surface area contributed by atoms with Crippen LogP contribution in [0, 0.1) is 11.6 Å². The fourth-order valence-electron chi connectivity index (χ4n) is 1.67. The van der Waals surface area contributed by atoms with Crippen LogP contribution in [0.15, 0.2) is 18.2 Å². The van der Waals surface area contributed by atoms with Gasteiger partial charge in [0.25, 0.3) is 0 Å². The first-order valence-electron chi connectivity index (χ1n) is 5.39. The number of rotatable bonds is 4. The van der Waals surface area contributed by atoms with Gasteiger partial charge in [-0.15, -0.1) is 0 Å². The van der Waals surface area contributed by atoms with Crippen LogP contribution in [-0.4, -0.2) is 19.0 Å². The quantitative estimate of drug-likeness (QED) is 0.844. The molecular weight excluding hydrogens is 226 g/mol. The number of nitrogens with one attached hydrogen (secondary N) is 2. The highest BCUT2D eigenvalue weighted by Gasteiger charge is 2.20. The molecule has 0 heterocycles. The summed E-state index contributed by atoms with van der Waals surface area (Å²) in [6.45, 7) is 3.25. The maximum atomic E-state index is 13.5. The first kappa shape index (κ1) is 13.6. The Morgan fingerprint density at radius 2 is 1.76 bits per heavy atom. The SMILES string of the molecule is CNC(=O)C(C)NC(C)c1c(F)cccc1F. The molecule has 1 amide bonds. The summed E-state index contributed by atoms with van der Waals surface area (Å²) in [5, 5.41) is 5.30. The van der Waals surface area contributed by atoms with Crippen molar-refractivity contribution in [3.05, 3.63) is 35.4 Å². The minimum absolute atomic E-state index is 0.0525. The van der Waals surface area contributed by atoms with Crippen LogP contribution in [0.3, 0.4) is 0 Å². The van der Waals surface area contributed by atoms with Crippen LogP contribution in [0.4, 0.5) is 8.78 Å². The molecule has 0 fully saturated rings. The summed E-state index contributed by atoms with van der Waals surface area (Å²) in [5.41, 5.74) is -0.0525. The largest absolute Gasteiger partial charge is 0.358 e. The second-order valence-corrected chi connectivity index (χ2v) is 3.86. The van der Waals surface area contributed by atoms with Crippen molar-refractivity contribution in [3.63, 3.8) is 0 Å². The maximum Gasteiger partial charge on any atom is 0.236 e. The molecule has 0 aliphatic rings. The molecule has 0 saturated carbocycles. The normalized spacial score (nSPS) is 14.2. The van der Waals surface area contributed by atoms with Crippen molar-refractivity contribution in [3.8, 4) is 0 Å². The highest BCUT2D eigenvalue weighted by atomic mass is 19.1. The van der Waals surface area contributed by atoms with Gasteiger partial charge in [-0.1, -0.05) is 6.07 Å². The zero-order valence-corrected chi connectivity index (χ0v) is 10.1. The predicted molar refractivity (Wildman–Crippen MR) is 61.4 cm³/mol. The van der Waals surface area contributed by atoms with Gasteiger partial charge in [0.05, 0.1) is 6.04 Å². The molecule has 2 N–H and O–H groups in total. The van der Waals surface area contributed by atoms with Gasteiger partial charge in [-0.3, -0.25) is 10.1 Å². The highest BCUT2D eigenvalue weighted by Crippen LogP contribution is 2.20. The lowest BCUT2D eigenvalue weighted by Gasteiger charge is -2.20. The lowest BCUT2D eigenvalue weighted by atomic mass is 10.1. The van der Waals surface area contributed by atoms with E-state index in [9.17, 15) is 13.6 Å². The molecule has 17 heavy (non-hydrogen) atoms. The third kappa shape index (κ3) is 3.23. The summed E-state index contributed by atoms with van der Waals surface area (Å²) in [4.78, 5) is 11.3. The second-order valence-electron chi connectivity index (χ2n) is 3.86. The van der Waals surface area contributed by atoms with Crippen molar-refractivity contribution in [2.45, 2.75) is 25.9 Å². The predicted octanol–water partition coefficient (Wildman–Crippen LogP) is 1.75. The average Bonchev–Trinajstić information content (AvgIpc) is 2.27. The molecule has 2 atom stereocenters. The third-order valence-corrected chi connectivity index (χ3v) is 2.57. The van der Waals surface area contributed by atoms with Gasteiger partial charge < -0.3 is 5.32 Å². The molecule has 1 aromatic carbocycles. The summed E-state index contributed by atoms with van der Waals surface area (Å²) in [6.07, 6.45) is 0. The van der Waals surface area contributed by atoms with E-state index in [1.165, 1.54) is 25.2 Å². The Kier molecular flexibility index (Phi) is 4.57. The van der Waals surface area contributed by atoms with E-state index in [0.717, 1.165) is 0 Å². The van der Waals surface area contributed by atoms with Crippen LogP contribution < -0.4 is 10.6 Å². The summed E-state index contributed by atoms with van der Waals surface area (Å²) < 4.78 is 26.9. The number of hydrogen-bond acceptors (Lipinski definition) is 2. The van der Waals surface area contributed by atoms with Crippen LogP contribution >= 0.6 is 0 Å². The van der Waals surface area contributed by atoms with E-state index in [1.807, 2.05) is 0 Å². The van der Waals surface area contributed by atoms with Crippen LogP contribution in [0.25, 0.3) is 0 Å². The summed E-state index contributed by atoms with van der Waals surface area (Å²) in [7, 11) is 1.51. The monoisotopic (exact) mass is 242 g/mol. The lowest BCUT2D eigenvalue weighted by molar-refractivity contribution is -0.122. The number of likely N-dealkylation sites (N-methyl/N-ethyl adjacent to an activating group) is 1. The number of carbonyl (C=O) groups is 1. The van der Waals surface area contributed by atoms with Crippen LogP contribution in [0.2, 0.25) is 0 Å². The fraction of sp³-hybridized carbons (Fsp3) is 0.417. The number of amides is 1. The van der Waals surface area contributed by atoms with Crippen molar-refractivity contribution >= 4 is 5.91 Å². The molecule has 0 aliphatic heterocycles. The smallest absolute Gasteiger partial charge is 0.236 e. The van der Waals surface area contributed by atoms with E-state index in [1.54, 1.807) is 13.8 Å². The van der Waals surface area contributed by atoms with Gasteiger partial charge in [-0.05, 0) is 26.0 Å². The first-order chi connectivity index (χ1) is 7.97. The van der Waals surface area contributed by atoms with E-state index >= 15 is 0 Å². The lowest BCUT2D eigenvalue weighted by Crippen LogP contribution is -2.42. The van der Waals surface area contributed by atoms with E-state index in [0.29, 0.717) is 0 Å². The fourth-order valence-corrected chi connectivity index (χ4v) is 1.67. The van der Waals surface area contributed by atoms with Gasteiger partial charge in [-0.2, -0.15) is 0 Å². The molecular formula is C12H16F2N2O. The Labute approximate surface area is 99.2 Å². The van der Waals surface area contributed by atoms with Crippen molar-refractivity contribution in [2.24, 2.45) is 0 Å². The first-order valence-corrected chi connectivity index (χ1v) is 5.39. The van der Waals surface area contributed by atoms with Gasteiger partial charge in [0.1, 0.15) is 11.6 Å².